The van der Waals surface area contributed by atoms with Crippen molar-refractivity contribution in [1.29, 1.82) is 0 Å². The molecule has 0 aromatic carbocycles. The minimum Gasteiger partial charge on any atom is -0.329 e. The van der Waals surface area contributed by atoms with Crippen molar-refractivity contribution in [2.45, 2.75) is 64.5 Å². The van der Waals surface area contributed by atoms with Crippen LogP contribution in [0.4, 0.5) is 0 Å². The van der Waals surface area contributed by atoms with Crippen molar-refractivity contribution in [2.24, 2.45) is 11.7 Å². The highest BCUT2D eigenvalue weighted by atomic mass is 15.3. The molecule has 0 radical (unpaired) electrons. The molecule has 2 fully saturated rings. The largest absolute Gasteiger partial charge is 0.329 e. The molecule has 19 heavy (non-hydrogen) atoms. The van der Waals surface area contributed by atoms with Crippen LogP contribution in [0.15, 0.2) is 0 Å². The van der Waals surface area contributed by atoms with Crippen LogP contribution in [-0.2, 0) is 0 Å². The van der Waals surface area contributed by atoms with E-state index in [0.29, 0.717) is 0 Å². The van der Waals surface area contributed by atoms with Gasteiger partial charge < -0.3 is 5.73 Å². The zero-order chi connectivity index (χ0) is 13.9. The predicted molar refractivity (Wildman–Crippen MR) is 82.3 cm³/mol. The molecule has 0 aromatic heterocycles. The first kappa shape index (κ1) is 15.3. The molecular formula is C16H33N3. The fourth-order valence-electron chi connectivity index (χ4n) is 3.69. The summed E-state index contributed by atoms with van der Waals surface area (Å²) in [6.07, 6.45) is 6.63. The Balaban J connectivity index is 2.00. The van der Waals surface area contributed by atoms with E-state index < -0.39 is 0 Å². The first-order valence-electron chi connectivity index (χ1n) is 8.24. The maximum absolute atomic E-state index is 6.16. The number of fused-ring (bicyclic) bond motifs is 1. The van der Waals surface area contributed by atoms with Gasteiger partial charge in [0.05, 0.1) is 0 Å². The highest BCUT2D eigenvalue weighted by molar-refractivity contribution is 4.93. The van der Waals surface area contributed by atoms with Crippen LogP contribution in [0.5, 0.6) is 0 Å². The number of rotatable bonds is 5. The second kappa shape index (κ2) is 6.55. The van der Waals surface area contributed by atoms with Gasteiger partial charge in [-0.05, 0) is 58.0 Å². The molecule has 0 bridgehead atoms. The van der Waals surface area contributed by atoms with Crippen molar-refractivity contribution in [1.82, 2.24) is 9.80 Å². The maximum atomic E-state index is 6.16. The SMILES string of the molecule is CC(C)CCC(C)(CN)N1CCCN2CCCC2C1. The summed E-state index contributed by atoms with van der Waals surface area (Å²) in [6.45, 7) is 12.9. The Morgan fingerprint density at radius 3 is 2.63 bits per heavy atom. The Kier molecular flexibility index (Phi) is 5.27. The van der Waals surface area contributed by atoms with Gasteiger partial charge in [0.1, 0.15) is 0 Å². The Labute approximate surface area is 119 Å². The van der Waals surface area contributed by atoms with Crippen molar-refractivity contribution in [2.75, 3.05) is 32.7 Å². The highest BCUT2D eigenvalue weighted by Crippen LogP contribution is 2.28. The molecule has 0 spiro atoms. The summed E-state index contributed by atoms with van der Waals surface area (Å²) in [5.41, 5.74) is 6.37. The van der Waals surface area contributed by atoms with Crippen LogP contribution in [0.3, 0.4) is 0 Å². The Bertz CT molecular complexity index is 279. The minimum atomic E-state index is 0.211. The lowest BCUT2D eigenvalue weighted by atomic mass is 9.89. The molecule has 3 heteroatoms. The average molecular weight is 267 g/mol. The van der Waals surface area contributed by atoms with Crippen molar-refractivity contribution < 1.29 is 0 Å². The lowest BCUT2D eigenvalue weighted by Crippen LogP contribution is -2.54. The molecule has 0 aliphatic carbocycles. The Hall–Kier alpha value is -0.120. The van der Waals surface area contributed by atoms with Gasteiger partial charge in [-0.15, -0.1) is 0 Å². The van der Waals surface area contributed by atoms with Crippen molar-refractivity contribution in [3.63, 3.8) is 0 Å². The molecule has 0 amide bonds. The van der Waals surface area contributed by atoms with Gasteiger partial charge in [-0.25, -0.2) is 0 Å². The Morgan fingerprint density at radius 1 is 1.21 bits per heavy atom. The topological polar surface area (TPSA) is 32.5 Å². The first-order chi connectivity index (χ1) is 9.05. The molecule has 0 aromatic rings. The molecule has 2 atom stereocenters. The Morgan fingerprint density at radius 2 is 1.95 bits per heavy atom. The molecule has 2 aliphatic heterocycles. The lowest BCUT2D eigenvalue weighted by molar-refractivity contribution is 0.0864. The van der Waals surface area contributed by atoms with E-state index >= 15 is 0 Å². The molecule has 3 nitrogen and oxygen atoms in total. The van der Waals surface area contributed by atoms with Gasteiger partial charge in [0.15, 0.2) is 0 Å². The van der Waals surface area contributed by atoms with Crippen LogP contribution in [0.25, 0.3) is 0 Å². The quantitative estimate of drug-likeness (QED) is 0.829. The van der Waals surface area contributed by atoms with E-state index in [9.17, 15) is 0 Å². The second-order valence-corrected chi connectivity index (χ2v) is 7.27. The van der Waals surface area contributed by atoms with Crippen molar-refractivity contribution in [3.05, 3.63) is 0 Å². The molecule has 2 heterocycles. The normalized spacial score (nSPS) is 29.2. The summed E-state index contributed by atoms with van der Waals surface area (Å²) in [5, 5.41) is 0. The summed E-state index contributed by atoms with van der Waals surface area (Å²) < 4.78 is 0. The third-order valence-electron chi connectivity index (χ3n) is 5.27. The molecule has 2 N–H and O–H groups in total. The van der Waals surface area contributed by atoms with Gasteiger partial charge in [0.2, 0.25) is 0 Å². The maximum Gasteiger partial charge on any atom is 0.0304 e. The molecule has 2 aliphatic rings. The van der Waals surface area contributed by atoms with Crippen molar-refractivity contribution >= 4 is 0 Å². The first-order valence-corrected chi connectivity index (χ1v) is 8.24. The van der Waals surface area contributed by atoms with E-state index in [-0.39, 0.29) is 5.54 Å². The summed E-state index contributed by atoms with van der Waals surface area (Å²) in [6, 6.07) is 0.799. The summed E-state index contributed by atoms with van der Waals surface area (Å²) in [4.78, 5) is 5.42. The molecule has 2 saturated heterocycles. The van der Waals surface area contributed by atoms with E-state index in [2.05, 4.69) is 30.6 Å². The molecule has 112 valence electrons. The van der Waals surface area contributed by atoms with E-state index in [1.54, 1.807) is 0 Å². The average Bonchev–Trinajstić information content (AvgIpc) is 2.73. The van der Waals surface area contributed by atoms with Crippen LogP contribution >= 0.6 is 0 Å². The van der Waals surface area contributed by atoms with Gasteiger partial charge in [-0.3, -0.25) is 9.80 Å². The van der Waals surface area contributed by atoms with E-state index in [0.717, 1.165) is 18.5 Å². The third kappa shape index (κ3) is 3.71. The predicted octanol–water partition coefficient (Wildman–Crippen LogP) is 2.31. The number of nitrogens with two attached hydrogens (primary N) is 1. The summed E-state index contributed by atoms with van der Waals surface area (Å²) in [5.74, 6) is 0.779. The van der Waals surface area contributed by atoms with Crippen LogP contribution in [0.1, 0.15) is 52.9 Å². The zero-order valence-electron chi connectivity index (χ0n) is 13.2. The monoisotopic (exact) mass is 267 g/mol. The molecule has 2 rings (SSSR count). The van der Waals surface area contributed by atoms with Gasteiger partial charge in [-0.1, -0.05) is 13.8 Å². The van der Waals surface area contributed by atoms with Crippen LogP contribution in [0, 0.1) is 5.92 Å². The highest BCUT2D eigenvalue weighted by Gasteiger charge is 2.36. The molecule has 2 unspecified atom stereocenters. The lowest BCUT2D eigenvalue weighted by Gasteiger charge is -2.42. The second-order valence-electron chi connectivity index (χ2n) is 7.27. The fourth-order valence-corrected chi connectivity index (χ4v) is 3.69. The fraction of sp³-hybridized carbons (Fsp3) is 1.00. The summed E-state index contributed by atoms with van der Waals surface area (Å²) >= 11 is 0. The smallest absolute Gasteiger partial charge is 0.0304 e. The van der Waals surface area contributed by atoms with Gasteiger partial charge in [-0.2, -0.15) is 0 Å². The molecular weight excluding hydrogens is 234 g/mol. The van der Waals surface area contributed by atoms with E-state index in [1.807, 2.05) is 0 Å². The molecule has 0 saturated carbocycles. The van der Waals surface area contributed by atoms with E-state index in [1.165, 1.54) is 58.3 Å². The number of hydrogen-bond acceptors (Lipinski definition) is 3. The minimum absolute atomic E-state index is 0.211. The van der Waals surface area contributed by atoms with Gasteiger partial charge >= 0.3 is 0 Å². The van der Waals surface area contributed by atoms with Crippen LogP contribution < -0.4 is 5.73 Å². The third-order valence-corrected chi connectivity index (χ3v) is 5.27. The number of nitrogens with zero attached hydrogens (tertiary/aromatic N) is 2. The van der Waals surface area contributed by atoms with Crippen molar-refractivity contribution in [3.8, 4) is 0 Å². The summed E-state index contributed by atoms with van der Waals surface area (Å²) in [7, 11) is 0. The van der Waals surface area contributed by atoms with Gasteiger partial charge in [0.25, 0.3) is 0 Å². The van der Waals surface area contributed by atoms with Gasteiger partial charge in [0, 0.05) is 31.2 Å². The van der Waals surface area contributed by atoms with E-state index in [4.69, 9.17) is 5.73 Å². The number of hydrogen-bond donors (Lipinski definition) is 1. The zero-order valence-corrected chi connectivity index (χ0v) is 13.2. The van der Waals surface area contributed by atoms with Crippen LogP contribution in [-0.4, -0.2) is 54.1 Å². The standard InChI is InChI=1S/C16H33N3/c1-14(2)7-8-16(3,13-17)19-11-5-10-18-9-4-6-15(18)12-19/h14-15H,4-13,17H2,1-3H3. The van der Waals surface area contributed by atoms with Crippen LogP contribution in [0.2, 0.25) is 0 Å².